The van der Waals surface area contributed by atoms with E-state index in [0.29, 0.717) is 12.3 Å². The lowest BCUT2D eigenvalue weighted by molar-refractivity contribution is -0.142. The second-order valence-corrected chi connectivity index (χ2v) is 6.54. The number of carboxylic acids is 1. The first kappa shape index (κ1) is 14.9. The van der Waals surface area contributed by atoms with Crippen LogP contribution in [0.15, 0.2) is 40.9 Å². The Morgan fingerprint density at radius 1 is 1.21 bits per heavy atom. The van der Waals surface area contributed by atoms with E-state index >= 15 is 0 Å². The number of nitrogens with zero attached hydrogens (tertiary/aromatic N) is 2. The molecule has 0 radical (unpaired) electrons. The van der Waals surface area contributed by atoms with Crippen LogP contribution in [0.3, 0.4) is 0 Å². The lowest BCUT2D eigenvalue weighted by atomic mass is 9.94. The number of aromatic nitrogens is 1. The summed E-state index contributed by atoms with van der Waals surface area (Å²) < 4.78 is 5.28. The summed E-state index contributed by atoms with van der Waals surface area (Å²) in [7, 11) is 0. The SMILES string of the molecule is O=C(O)C1C2CCCC2CN1C(=O)c1cc(-c2ccccc2)on1. The molecule has 1 saturated heterocycles. The molecule has 0 bridgehead atoms. The summed E-state index contributed by atoms with van der Waals surface area (Å²) in [5, 5.41) is 13.4. The molecular formula is C18H18N2O4. The summed E-state index contributed by atoms with van der Waals surface area (Å²) in [5.74, 6) is -0.431. The number of carboxylic acid groups (broad SMARTS) is 1. The highest BCUT2D eigenvalue weighted by atomic mass is 16.5. The van der Waals surface area contributed by atoms with Crippen LogP contribution in [-0.2, 0) is 4.79 Å². The minimum absolute atomic E-state index is 0.0620. The third-order valence-corrected chi connectivity index (χ3v) is 5.19. The molecule has 2 aromatic rings. The fourth-order valence-electron chi connectivity index (χ4n) is 4.09. The topological polar surface area (TPSA) is 83.6 Å². The first-order valence-electron chi connectivity index (χ1n) is 8.21. The lowest BCUT2D eigenvalue weighted by Gasteiger charge is -2.23. The van der Waals surface area contributed by atoms with E-state index in [2.05, 4.69) is 5.16 Å². The number of hydrogen-bond acceptors (Lipinski definition) is 4. The van der Waals surface area contributed by atoms with Crippen molar-refractivity contribution in [1.82, 2.24) is 10.1 Å². The van der Waals surface area contributed by atoms with Crippen molar-refractivity contribution in [2.24, 2.45) is 11.8 Å². The predicted octanol–water partition coefficient (Wildman–Crippen LogP) is 2.67. The van der Waals surface area contributed by atoms with Gasteiger partial charge in [-0.3, -0.25) is 4.79 Å². The summed E-state index contributed by atoms with van der Waals surface area (Å²) in [6, 6.07) is 10.2. The molecule has 124 valence electrons. The van der Waals surface area contributed by atoms with E-state index in [1.54, 1.807) is 6.07 Å². The highest BCUT2D eigenvalue weighted by Crippen LogP contribution is 2.42. The minimum Gasteiger partial charge on any atom is -0.480 e. The maximum atomic E-state index is 12.8. The van der Waals surface area contributed by atoms with Crippen molar-refractivity contribution in [3.8, 4) is 11.3 Å². The summed E-state index contributed by atoms with van der Waals surface area (Å²) >= 11 is 0. The first-order chi connectivity index (χ1) is 11.6. The van der Waals surface area contributed by atoms with Crippen LogP contribution in [0.5, 0.6) is 0 Å². The number of fused-ring (bicyclic) bond motifs is 1. The molecule has 2 aliphatic rings. The highest BCUT2D eigenvalue weighted by Gasteiger charge is 2.50. The second-order valence-electron chi connectivity index (χ2n) is 6.54. The van der Waals surface area contributed by atoms with Gasteiger partial charge in [0.15, 0.2) is 11.5 Å². The highest BCUT2D eigenvalue weighted by molar-refractivity contribution is 5.96. The van der Waals surface area contributed by atoms with E-state index in [0.717, 1.165) is 24.8 Å². The molecule has 4 rings (SSSR count). The molecule has 2 heterocycles. The van der Waals surface area contributed by atoms with Crippen LogP contribution in [0.25, 0.3) is 11.3 Å². The van der Waals surface area contributed by atoms with Crippen molar-refractivity contribution in [2.45, 2.75) is 25.3 Å². The monoisotopic (exact) mass is 326 g/mol. The van der Waals surface area contributed by atoms with Gasteiger partial charge in [0.2, 0.25) is 0 Å². The van der Waals surface area contributed by atoms with E-state index in [-0.39, 0.29) is 23.4 Å². The normalized spacial score (nSPS) is 25.7. The Labute approximate surface area is 139 Å². The molecule has 1 aromatic heterocycles. The standard InChI is InChI=1S/C18H18N2O4/c21-17(14-9-15(24-19-14)11-5-2-1-3-6-11)20-10-12-7-4-8-13(12)16(20)18(22)23/h1-3,5-6,9,12-13,16H,4,7-8,10H2,(H,22,23). The average molecular weight is 326 g/mol. The van der Waals surface area contributed by atoms with E-state index in [4.69, 9.17) is 4.52 Å². The largest absolute Gasteiger partial charge is 0.480 e. The summed E-state index contributed by atoms with van der Waals surface area (Å²) in [5.41, 5.74) is 0.997. The van der Waals surface area contributed by atoms with Gasteiger partial charge < -0.3 is 14.5 Å². The molecule has 6 nitrogen and oxygen atoms in total. The molecule has 1 amide bonds. The molecule has 1 saturated carbocycles. The Hall–Kier alpha value is -2.63. The number of hydrogen-bond donors (Lipinski definition) is 1. The summed E-state index contributed by atoms with van der Waals surface area (Å²) in [6.45, 7) is 0.494. The zero-order valence-corrected chi connectivity index (χ0v) is 13.1. The van der Waals surface area contributed by atoms with Crippen molar-refractivity contribution in [3.63, 3.8) is 0 Å². The Kier molecular flexibility index (Phi) is 3.59. The van der Waals surface area contributed by atoms with Crippen LogP contribution >= 0.6 is 0 Å². The quantitative estimate of drug-likeness (QED) is 0.937. The van der Waals surface area contributed by atoms with E-state index in [9.17, 15) is 14.7 Å². The smallest absolute Gasteiger partial charge is 0.326 e. The Morgan fingerprint density at radius 2 is 2.00 bits per heavy atom. The number of aliphatic carboxylic acids is 1. The molecule has 1 aliphatic carbocycles. The van der Waals surface area contributed by atoms with Crippen LogP contribution in [-0.4, -0.2) is 39.6 Å². The van der Waals surface area contributed by atoms with Gasteiger partial charge in [0.25, 0.3) is 5.91 Å². The predicted molar refractivity (Wildman–Crippen MR) is 85.2 cm³/mol. The molecule has 1 aromatic carbocycles. The Morgan fingerprint density at radius 3 is 2.75 bits per heavy atom. The average Bonchev–Trinajstić information content (AvgIpc) is 3.29. The fraction of sp³-hybridized carbons (Fsp3) is 0.389. The third-order valence-electron chi connectivity index (χ3n) is 5.19. The zero-order chi connectivity index (χ0) is 16.7. The van der Waals surface area contributed by atoms with E-state index in [1.165, 1.54) is 4.90 Å². The number of likely N-dealkylation sites (tertiary alicyclic amines) is 1. The number of carbonyl (C=O) groups excluding carboxylic acids is 1. The number of rotatable bonds is 3. The van der Waals surface area contributed by atoms with Crippen LogP contribution in [0.2, 0.25) is 0 Å². The van der Waals surface area contributed by atoms with Crippen LogP contribution in [0.1, 0.15) is 29.8 Å². The van der Waals surface area contributed by atoms with Gasteiger partial charge in [-0.1, -0.05) is 41.9 Å². The Balaban J connectivity index is 1.60. The molecule has 3 atom stereocenters. The van der Waals surface area contributed by atoms with Gasteiger partial charge in [0.1, 0.15) is 6.04 Å². The molecule has 24 heavy (non-hydrogen) atoms. The van der Waals surface area contributed by atoms with Crippen LogP contribution in [0, 0.1) is 11.8 Å². The summed E-state index contributed by atoms with van der Waals surface area (Å²) in [6.07, 6.45) is 2.91. The second kappa shape index (κ2) is 5.78. The maximum absolute atomic E-state index is 12.8. The number of amides is 1. The molecule has 2 fully saturated rings. The van der Waals surface area contributed by atoms with Crippen molar-refractivity contribution in [1.29, 1.82) is 0 Å². The molecular weight excluding hydrogens is 308 g/mol. The van der Waals surface area contributed by atoms with Gasteiger partial charge >= 0.3 is 5.97 Å². The third kappa shape index (κ3) is 2.38. The van der Waals surface area contributed by atoms with Gasteiger partial charge in [-0.15, -0.1) is 0 Å². The van der Waals surface area contributed by atoms with Crippen molar-refractivity contribution < 1.29 is 19.2 Å². The van der Waals surface area contributed by atoms with E-state index < -0.39 is 12.0 Å². The lowest BCUT2D eigenvalue weighted by Crippen LogP contribution is -2.43. The van der Waals surface area contributed by atoms with Gasteiger partial charge in [-0.25, -0.2) is 4.79 Å². The first-order valence-corrected chi connectivity index (χ1v) is 8.21. The summed E-state index contributed by atoms with van der Waals surface area (Å²) in [4.78, 5) is 25.9. The van der Waals surface area contributed by atoms with Crippen LogP contribution in [0.4, 0.5) is 0 Å². The van der Waals surface area contributed by atoms with Gasteiger partial charge in [-0.05, 0) is 24.7 Å². The molecule has 3 unspecified atom stereocenters. The van der Waals surface area contributed by atoms with Crippen molar-refractivity contribution in [2.75, 3.05) is 6.54 Å². The van der Waals surface area contributed by atoms with Gasteiger partial charge in [0.05, 0.1) is 0 Å². The number of benzene rings is 1. The van der Waals surface area contributed by atoms with Gasteiger partial charge in [0, 0.05) is 18.2 Å². The maximum Gasteiger partial charge on any atom is 0.326 e. The van der Waals surface area contributed by atoms with Crippen molar-refractivity contribution >= 4 is 11.9 Å². The minimum atomic E-state index is -0.926. The van der Waals surface area contributed by atoms with E-state index in [1.807, 2.05) is 30.3 Å². The fourth-order valence-corrected chi connectivity index (χ4v) is 4.09. The Bertz CT molecular complexity index is 770. The molecule has 1 N–H and O–H groups in total. The molecule has 6 heteroatoms. The van der Waals surface area contributed by atoms with Crippen LogP contribution < -0.4 is 0 Å². The zero-order valence-electron chi connectivity index (χ0n) is 13.1. The van der Waals surface area contributed by atoms with Crippen molar-refractivity contribution in [3.05, 3.63) is 42.1 Å². The molecule has 0 spiro atoms. The molecule has 1 aliphatic heterocycles. The van der Waals surface area contributed by atoms with Gasteiger partial charge in [-0.2, -0.15) is 0 Å². The number of carbonyl (C=O) groups is 2.